The predicted molar refractivity (Wildman–Crippen MR) is 45.2 cm³/mol. The SMILES string of the molecule is O[SiH](O)CC1CC2C=CC1C2. The van der Waals surface area contributed by atoms with Crippen LogP contribution in [-0.4, -0.2) is 18.9 Å². The maximum absolute atomic E-state index is 8.91. The van der Waals surface area contributed by atoms with Crippen molar-refractivity contribution in [3.8, 4) is 0 Å². The van der Waals surface area contributed by atoms with Gasteiger partial charge in [-0.25, -0.2) is 0 Å². The molecule has 0 saturated heterocycles. The summed E-state index contributed by atoms with van der Waals surface area (Å²) in [5.74, 6) is 2.03. The van der Waals surface area contributed by atoms with Crippen LogP contribution < -0.4 is 0 Å². The first-order valence-corrected chi connectivity index (χ1v) is 6.15. The molecule has 2 bridgehead atoms. The van der Waals surface area contributed by atoms with E-state index in [-0.39, 0.29) is 0 Å². The first-order chi connectivity index (χ1) is 5.25. The Hall–Kier alpha value is -0.123. The number of fused-ring (bicyclic) bond motifs is 2. The van der Waals surface area contributed by atoms with E-state index in [2.05, 4.69) is 12.2 Å². The van der Waals surface area contributed by atoms with Gasteiger partial charge in [-0.05, 0) is 36.6 Å². The van der Waals surface area contributed by atoms with E-state index in [1.807, 2.05) is 0 Å². The fourth-order valence-electron chi connectivity index (χ4n) is 2.44. The van der Waals surface area contributed by atoms with E-state index in [1.165, 1.54) is 12.8 Å². The van der Waals surface area contributed by atoms with Crippen molar-refractivity contribution in [1.82, 2.24) is 0 Å². The number of rotatable bonds is 2. The summed E-state index contributed by atoms with van der Waals surface area (Å²) in [4.78, 5) is 17.8. The van der Waals surface area contributed by atoms with Gasteiger partial charge in [-0.2, -0.15) is 0 Å². The largest absolute Gasteiger partial charge is 0.413 e. The Kier molecular flexibility index (Phi) is 1.87. The molecule has 3 unspecified atom stereocenters. The topological polar surface area (TPSA) is 40.5 Å². The molecule has 2 rings (SSSR count). The van der Waals surface area contributed by atoms with Crippen LogP contribution in [0, 0.1) is 17.8 Å². The van der Waals surface area contributed by atoms with E-state index in [1.54, 1.807) is 0 Å². The van der Waals surface area contributed by atoms with Gasteiger partial charge < -0.3 is 9.59 Å². The van der Waals surface area contributed by atoms with Gasteiger partial charge in [-0.3, -0.25) is 0 Å². The molecule has 2 aliphatic rings. The van der Waals surface area contributed by atoms with Gasteiger partial charge >= 0.3 is 9.28 Å². The van der Waals surface area contributed by atoms with Crippen LogP contribution in [-0.2, 0) is 0 Å². The van der Waals surface area contributed by atoms with Gasteiger partial charge in [0.25, 0.3) is 0 Å². The molecule has 3 heteroatoms. The summed E-state index contributed by atoms with van der Waals surface area (Å²) in [7, 11) is -2.29. The molecule has 62 valence electrons. The predicted octanol–water partition coefficient (Wildman–Crippen LogP) is 0.404. The zero-order valence-corrected chi connectivity index (χ0v) is 7.63. The highest BCUT2D eigenvalue weighted by Crippen LogP contribution is 2.45. The van der Waals surface area contributed by atoms with Crippen LogP contribution in [0.1, 0.15) is 12.8 Å². The van der Waals surface area contributed by atoms with Crippen molar-refractivity contribution >= 4 is 9.28 Å². The van der Waals surface area contributed by atoms with E-state index in [0.717, 1.165) is 5.92 Å². The average molecular weight is 170 g/mol. The molecular weight excluding hydrogens is 156 g/mol. The normalized spacial score (nSPS) is 40.8. The summed E-state index contributed by atoms with van der Waals surface area (Å²) in [6.07, 6.45) is 7.01. The molecule has 2 aliphatic carbocycles. The summed E-state index contributed by atoms with van der Waals surface area (Å²) in [6, 6.07) is 0.700. The van der Waals surface area contributed by atoms with Crippen LogP contribution in [0.3, 0.4) is 0 Å². The lowest BCUT2D eigenvalue weighted by atomic mass is 9.96. The van der Waals surface area contributed by atoms with Crippen molar-refractivity contribution in [2.75, 3.05) is 0 Å². The lowest BCUT2D eigenvalue weighted by molar-refractivity contribution is 0.371. The van der Waals surface area contributed by atoms with Gasteiger partial charge in [0.2, 0.25) is 0 Å². The molecular formula is C8H14O2Si. The lowest BCUT2D eigenvalue weighted by Crippen LogP contribution is -2.19. The van der Waals surface area contributed by atoms with Crippen LogP contribution >= 0.6 is 0 Å². The van der Waals surface area contributed by atoms with Crippen molar-refractivity contribution in [3.63, 3.8) is 0 Å². The second-order valence-electron chi connectivity index (χ2n) is 3.76. The molecule has 0 aromatic carbocycles. The Morgan fingerprint density at radius 2 is 2.09 bits per heavy atom. The van der Waals surface area contributed by atoms with E-state index >= 15 is 0 Å². The second kappa shape index (κ2) is 2.73. The molecule has 0 radical (unpaired) electrons. The number of allylic oxidation sites excluding steroid dienone is 2. The van der Waals surface area contributed by atoms with Crippen LogP contribution in [0.15, 0.2) is 12.2 Å². The van der Waals surface area contributed by atoms with Crippen molar-refractivity contribution in [2.45, 2.75) is 18.9 Å². The monoisotopic (exact) mass is 170 g/mol. The third-order valence-electron chi connectivity index (χ3n) is 2.93. The highest BCUT2D eigenvalue weighted by atomic mass is 28.3. The van der Waals surface area contributed by atoms with Crippen molar-refractivity contribution in [3.05, 3.63) is 12.2 Å². The van der Waals surface area contributed by atoms with Gasteiger partial charge in [0.1, 0.15) is 0 Å². The molecule has 0 heterocycles. The minimum Gasteiger partial charge on any atom is -0.413 e. The standard InChI is InChI=1S/C8H14O2Si/c9-11(10)5-8-4-6-1-2-7(8)3-6/h1-2,6-11H,3-5H2. The highest BCUT2D eigenvalue weighted by molar-refractivity contribution is 6.41. The molecule has 11 heavy (non-hydrogen) atoms. The lowest BCUT2D eigenvalue weighted by Gasteiger charge is -2.17. The zero-order valence-electron chi connectivity index (χ0n) is 6.48. The van der Waals surface area contributed by atoms with Crippen molar-refractivity contribution in [2.24, 2.45) is 17.8 Å². The van der Waals surface area contributed by atoms with Crippen LogP contribution in [0.5, 0.6) is 0 Å². The molecule has 2 N–H and O–H groups in total. The van der Waals surface area contributed by atoms with Gasteiger partial charge in [0.15, 0.2) is 0 Å². The van der Waals surface area contributed by atoms with Crippen LogP contribution in [0.25, 0.3) is 0 Å². The minimum absolute atomic E-state index is 0.594. The Labute approximate surface area is 68.4 Å². The first-order valence-electron chi connectivity index (χ1n) is 4.30. The molecule has 0 aromatic heterocycles. The smallest absolute Gasteiger partial charge is 0.316 e. The average Bonchev–Trinajstić information content (AvgIpc) is 2.45. The van der Waals surface area contributed by atoms with E-state index in [9.17, 15) is 0 Å². The van der Waals surface area contributed by atoms with Gasteiger partial charge in [0.05, 0.1) is 0 Å². The summed E-state index contributed by atoms with van der Waals surface area (Å²) in [5.41, 5.74) is 0. The van der Waals surface area contributed by atoms with Crippen LogP contribution in [0.4, 0.5) is 0 Å². The van der Waals surface area contributed by atoms with Crippen molar-refractivity contribution < 1.29 is 9.59 Å². The van der Waals surface area contributed by atoms with Gasteiger partial charge in [-0.1, -0.05) is 12.2 Å². The van der Waals surface area contributed by atoms with Crippen molar-refractivity contribution in [1.29, 1.82) is 0 Å². The molecule has 1 fully saturated rings. The van der Waals surface area contributed by atoms with Gasteiger partial charge in [-0.15, -0.1) is 0 Å². The van der Waals surface area contributed by atoms with E-state index in [4.69, 9.17) is 9.59 Å². The summed E-state index contributed by atoms with van der Waals surface area (Å²) >= 11 is 0. The maximum atomic E-state index is 8.91. The fourth-order valence-corrected chi connectivity index (χ4v) is 3.52. The minimum atomic E-state index is -2.29. The number of hydrogen-bond donors (Lipinski definition) is 2. The Balaban J connectivity index is 1.93. The molecule has 0 spiro atoms. The molecule has 3 atom stereocenters. The Bertz CT molecular complexity index is 179. The highest BCUT2D eigenvalue weighted by Gasteiger charge is 2.36. The Morgan fingerprint density at radius 1 is 1.27 bits per heavy atom. The fraction of sp³-hybridized carbons (Fsp3) is 0.750. The van der Waals surface area contributed by atoms with Crippen LogP contribution in [0.2, 0.25) is 6.04 Å². The molecule has 0 aromatic rings. The molecule has 0 amide bonds. The Morgan fingerprint density at radius 3 is 2.55 bits per heavy atom. The van der Waals surface area contributed by atoms with E-state index in [0.29, 0.717) is 17.9 Å². The third kappa shape index (κ3) is 1.41. The summed E-state index contributed by atoms with van der Waals surface area (Å²) in [5, 5.41) is 0. The maximum Gasteiger partial charge on any atom is 0.316 e. The second-order valence-corrected chi connectivity index (χ2v) is 5.19. The third-order valence-corrected chi connectivity index (χ3v) is 3.96. The molecule has 1 saturated carbocycles. The molecule has 2 nitrogen and oxygen atoms in total. The quantitative estimate of drug-likeness (QED) is 0.465. The summed E-state index contributed by atoms with van der Waals surface area (Å²) in [6.45, 7) is 0. The number of hydrogen-bond acceptors (Lipinski definition) is 2. The van der Waals surface area contributed by atoms with Gasteiger partial charge in [0, 0.05) is 0 Å². The zero-order chi connectivity index (χ0) is 7.84. The van der Waals surface area contributed by atoms with E-state index < -0.39 is 9.28 Å². The first kappa shape index (κ1) is 7.52. The molecule has 0 aliphatic heterocycles. The summed E-state index contributed by atoms with van der Waals surface area (Å²) < 4.78 is 0.